The number of pyridine rings is 1. The highest BCUT2D eigenvalue weighted by Gasteiger charge is 2.17. The lowest BCUT2D eigenvalue weighted by Crippen LogP contribution is -2.44. The molecule has 3 nitrogen and oxygen atoms in total. The fourth-order valence-corrected chi connectivity index (χ4v) is 2.03. The van der Waals surface area contributed by atoms with Crippen LogP contribution in [0.25, 0.3) is 0 Å². The summed E-state index contributed by atoms with van der Waals surface area (Å²) in [6, 6.07) is 4.34. The van der Waals surface area contributed by atoms with Gasteiger partial charge in [-0.1, -0.05) is 17.7 Å². The van der Waals surface area contributed by atoms with Crippen LogP contribution < -0.4 is 5.32 Å². The summed E-state index contributed by atoms with van der Waals surface area (Å²) >= 11 is 5.77. The largest absolute Gasteiger partial charge is 0.314 e. The second-order valence-electron chi connectivity index (χ2n) is 3.88. The van der Waals surface area contributed by atoms with E-state index >= 15 is 0 Å². The van der Waals surface area contributed by atoms with Crippen LogP contribution in [0.2, 0.25) is 5.15 Å². The molecule has 1 saturated heterocycles. The standard InChI is InChI=1S/C11H16ClN3/c1-9(15-6-4-13-5-7-15)10-2-3-11(12)14-8-10/h2-3,8-9,13H,4-7H2,1H3/t9-/m1/s1. The highest BCUT2D eigenvalue weighted by Crippen LogP contribution is 2.20. The summed E-state index contributed by atoms with van der Waals surface area (Å²) in [5, 5.41) is 3.91. The Hall–Kier alpha value is -0.640. The van der Waals surface area contributed by atoms with Gasteiger partial charge < -0.3 is 5.32 Å². The first-order chi connectivity index (χ1) is 7.27. The van der Waals surface area contributed by atoms with Gasteiger partial charge in [-0.3, -0.25) is 4.90 Å². The van der Waals surface area contributed by atoms with Gasteiger partial charge in [0.1, 0.15) is 5.15 Å². The summed E-state index contributed by atoms with van der Waals surface area (Å²) in [5.74, 6) is 0. The molecule has 1 aromatic heterocycles. The molecule has 1 aliphatic heterocycles. The Labute approximate surface area is 95.4 Å². The lowest BCUT2D eigenvalue weighted by molar-refractivity contribution is 0.185. The molecule has 2 rings (SSSR count). The van der Waals surface area contributed by atoms with Crippen molar-refractivity contribution in [1.82, 2.24) is 15.2 Å². The van der Waals surface area contributed by atoms with E-state index in [2.05, 4.69) is 28.2 Å². The third-order valence-electron chi connectivity index (χ3n) is 2.93. The Bertz CT molecular complexity index is 306. The molecule has 0 unspecified atom stereocenters. The van der Waals surface area contributed by atoms with Gasteiger partial charge in [0.2, 0.25) is 0 Å². The van der Waals surface area contributed by atoms with Crippen molar-refractivity contribution in [3.05, 3.63) is 29.0 Å². The molecule has 4 heteroatoms. The number of rotatable bonds is 2. The zero-order valence-electron chi connectivity index (χ0n) is 8.91. The third kappa shape index (κ3) is 2.68. The maximum absolute atomic E-state index is 5.77. The highest BCUT2D eigenvalue weighted by molar-refractivity contribution is 6.29. The van der Waals surface area contributed by atoms with Crippen molar-refractivity contribution in [2.75, 3.05) is 26.2 Å². The minimum atomic E-state index is 0.428. The van der Waals surface area contributed by atoms with Crippen LogP contribution in [0.5, 0.6) is 0 Å². The molecule has 0 bridgehead atoms. The number of aromatic nitrogens is 1. The van der Waals surface area contributed by atoms with Crippen molar-refractivity contribution in [3.8, 4) is 0 Å². The molecule has 0 amide bonds. The van der Waals surface area contributed by atoms with E-state index in [4.69, 9.17) is 11.6 Å². The Morgan fingerprint density at radius 3 is 2.73 bits per heavy atom. The van der Waals surface area contributed by atoms with Gasteiger partial charge in [0.15, 0.2) is 0 Å². The van der Waals surface area contributed by atoms with Crippen molar-refractivity contribution in [3.63, 3.8) is 0 Å². The first kappa shape index (κ1) is 10.9. The molecule has 1 aliphatic rings. The van der Waals surface area contributed by atoms with Crippen molar-refractivity contribution in [2.24, 2.45) is 0 Å². The van der Waals surface area contributed by atoms with Crippen molar-refractivity contribution in [2.45, 2.75) is 13.0 Å². The average molecular weight is 226 g/mol. The highest BCUT2D eigenvalue weighted by atomic mass is 35.5. The van der Waals surface area contributed by atoms with E-state index in [1.54, 1.807) is 0 Å². The normalized spacial score (nSPS) is 20.1. The Balaban J connectivity index is 2.05. The molecule has 1 aromatic rings. The quantitative estimate of drug-likeness (QED) is 0.777. The molecule has 82 valence electrons. The molecule has 0 aliphatic carbocycles. The van der Waals surface area contributed by atoms with E-state index in [0.717, 1.165) is 26.2 Å². The van der Waals surface area contributed by atoms with Gasteiger partial charge in [-0.2, -0.15) is 0 Å². The lowest BCUT2D eigenvalue weighted by atomic mass is 10.1. The third-order valence-corrected chi connectivity index (χ3v) is 3.16. The van der Waals surface area contributed by atoms with Crippen LogP contribution >= 0.6 is 11.6 Å². The summed E-state index contributed by atoms with van der Waals surface area (Å²) in [7, 11) is 0. The summed E-state index contributed by atoms with van der Waals surface area (Å²) < 4.78 is 0. The topological polar surface area (TPSA) is 28.2 Å². The predicted octanol–water partition coefficient (Wildman–Crippen LogP) is 1.70. The predicted molar refractivity (Wildman–Crippen MR) is 62.1 cm³/mol. The molecule has 1 N–H and O–H groups in total. The number of nitrogens with one attached hydrogen (secondary N) is 1. The van der Waals surface area contributed by atoms with Crippen LogP contribution in [0.4, 0.5) is 0 Å². The zero-order chi connectivity index (χ0) is 10.7. The molecule has 0 aromatic carbocycles. The van der Waals surface area contributed by atoms with Crippen LogP contribution in [-0.2, 0) is 0 Å². The number of hydrogen-bond donors (Lipinski definition) is 1. The first-order valence-corrected chi connectivity index (χ1v) is 5.71. The van der Waals surface area contributed by atoms with Gasteiger partial charge in [-0.05, 0) is 18.6 Å². The van der Waals surface area contributed by atoms with Gasteiger partial charge in [-0.15, -0.1) is 0 Å². The van der Waals surface area contributed by atoms with Crippen molar-refractivity contribution in [1.29, 1.82) is 0 Å². The van der Waals surface area contributed by atoms with E-state index in [-0.39, 0.29) is 0 Å². The molecule has 15 heavy (non-hydrogen) atoms. The number of nitrogens with zero attached hydrogens (tertiary/aromatic N) is 2. The maximum Gasteiger partial charge on any atom is 0.129 e. The monoisotopic (exact) mass is 225 g/mol. The second-order valence-corrected chi connectivity index (χ2v) is 4.26. The van der Waals surface area contributed by atoms with Crippen LogP contribution in [0, 0.1) is 0 Å². The van der Waals surface area contributed by atoms with Crippen LogP contribution in [0.15, 0.2) is 18.3 Å². The fraction of sp³-hybridized carbons (Fsp3) is 0.545. The second kappa shape index (κ2) is 4.92. The van der Waals surface area contributed by atoms with Crippen molar-refractivity contribution >= 4 is 11.6 Å². The first-order valence-electron chi connectivity index (χ1n) is 5.33. The molecule has 2 heterocycles. The van der Waals surface area contributed by atoms with Gasteiger partial charge in [0.25, 0.3) is 0 Å². The molecule has 0 saturated carbocycles. The summed E-state index contributed by atoms with van der Waals surface area (Å²) in [4.78, 5) is 6.58. The lowest BCUT2D eigenvalue weighted by Gasteiger charge is -2.32. The molecule has 0 spiro atoms. The minimum Gasteiger partial charge on any atom is -0.314 e. The zero-order valence-corrected chi connectivity index (χ0v) is 9.67. The SMILES string of the molecule is C[C@H](c1ccc(Cl)nc1)N1CCNCC1. The van der Waals surface area contributed by atoms with Crippen LogP contribution in [0.1, 0.15) is 18.5 Å². The van der Waals surface area contributed by atoms with E-state index < -0.39 is 0 Å². The van der Waals surface area contributed by atoms with Gasteiger partial charge in [0.05, 0.1) is 0 Å². The van der Waals surface area contributed by atoms with Gasteiger partial charge >= 0.3 is 0 Å². The molecular weight excluding hydrogens is 210 g/mol. The number of halogens is 1. The van der Waals surface area contributed by atoms with E-state index in [0.29, 0.717) is 11.2 Å². The average Bonchev–Trinajstić information content (AvgIpc) is 2.30. The summed E-state index contributed by atoms with van der Waals surface area (Å²) in [6.45, 7) is 6.57. The Kier molecular flexibility index (Phi) is 3.57. The van der Waals surface area contributed by atoms with Crippen molar-refractivity contribution < 1.29 is 0 Å². The van der Waals surface area contributed by atoms with Gasteiger partial charge in [-0.25, -0.2) is 4.98 Å². The Morgan fingerprint density at radius 2 is 2.13 bits per heavy atom. The smallest absolute Gasteiger partial charge is 0.129 e. The van der Waals surface area contributed by atoms with Gasteiger partial charge in [0, 0.05) is 38.4 Å². The van der Waals surface area contributed by atoms with E-state index in [1.165, 1.54) is 5.56 Å². The van der Waals surface area contributed by atoms with E-state index in [9.17, 15) is 0 Å². The maximum atomic E-state index is 5.77. The van der Waals surface area contributed by atoms with Crippen LogP contribution in [-0.4, -0.2) is 36.1 Å². The van der Waals surface area contributed by atoms with E-state index in [1.807, 2.05) is 12.3 Å². The molecule has 1 fully saturated rings. The summed E-state index contributed by atoms with van der Waals surface area (Å²) in [6.07, 6.45) is 1.87. The summed E-state index contributed by atoms with van der Waals surface area (Å²) in [5.41, 5.74) is 1.24. The fourth-order valence-electron chi connectivity index (χ4n) is 1.91. The molecular formula is C11H16ClN3. The van der Waals surface area contributed by atoms with Crippen LogP contribution in [0.3, 0.4) is 0 Å². The molecule has 1 atom stereocenters. The number of piperazine rings is 1. The molecule has 0 radical (unpaired) electrons. The number of hydrogen-bond acceptors (Lipinski definition) is 3. The Morgan fingerprint density at radius 1 is 1.40 bits per heavy atom. The minimum absolute atomic E-state index is 0.428.